The van der Waals surface area contributed by atoms with Gasteiger partial charge < -0.3 is 14.4 Å². The molecular weight excluding hydrogens is 752 g/mol. The number of nitrogens with zero attached hydrogens (tertiary/aromatic N) is 2. The third-order valence-electron chi connectivity index (χ3n) is 9.96. The molecule has 0 saturated heterocycles. The number of carbonyl (C=O) groups excluding carboxylic acids is 2. The first kappa shape index (κ1) is 49.5. The van der Waals surface area contributed by atoms with Crippen molar-refractivity contribution in [3.63, 3.8) is 0 Å². The SMILES string of the molecule is C/C=C(/CCC(=O)NNC(=O)C(C)(C)C)S/C(C)=C/CC.CCC(C)=C1CN(C)C(c2cccc(OC)c2OC)c2cc(Cl)ccc2N1/C(=C(\C)CC)C(C)(C)C. The number of likely N-dealkylation sites (N-methyl/N-ethyl adjacent to an activating group) is 1. The van der Waals surface area contributed by atoms with Crippen molar-refractivity contribution < 1.29 is 19.1 Å². The Bertz CT molecular complexity index is 1820. The van der Waals surface area contributed by atoms with Crippen molar-refractivity contribution in [1.82, 2.24) is 15.8 Å². The van der Waals surface area contributed by atoms with Gasteiger partial charge in [0.25, 0.3) is 0 Å². The van der Waals surface area contributed by atoms with Crippen LogP contribution in [0.3, 0.4) is 0 Å². The number of thioether (sulfide) groups is 1. The summed E-state index contributed by atoms with van der Waals surface area (Å²) in [5.41, 5.74) is 13.2. The van der Waals surface area contributed by atoms with E-state index in [1.165, 1.54) is 33.1 Å². The fourth-order valence-corrected chi connectivity index (χ4v) is 7.95. The van der Waals surface area contributed by atoms with Crippen LogP contribution in [0.4, 0.5) is 5.69 Å². The maximum Gasteiger partial charge on any atom is 0.243 e. The highest BCUT2D eigenvalue weighted by Crippen LogP contribution is 2.49. The van der Waals surface area contributed by atoms with Crippen molar-refractivity contribution >= 4 is 40.9 Å². The number of carbonyl (C=O) groups is 2. The number of ether oxygens (including phenoxy) is 2. The second kappa shape index (κ2) is 22.5. The second-order valence-electron chi connectivity index (χ2n) is 16.6. The van der Waals surface area contributed by atoms with Crippen molar-refractivity contribution in [2.75, 3.05) is 32.7 Å². The number of para-hydroxylation sites is 1. The molecule has 0 aromatic heterocycles. The molecule has 1 aliphatic heterocycles. The molecule has 2 aromatic rings. The summed E-state index contributed by atoms with van der Waals surface area (Å²) in [4.78, 5) is 30.7. The summed E-state index contributed by atoms with van der Waals surface area (Å²) >= 11 is 8.37. The summed E-state index contributed by atoms with van der Waals surface area (Å²) in [7, 11) is 5.58. The monoisotopic (exact) mass is 822 g/mol. The predicted molar refractivity (Wildman–Crippen MR) is 244 cm³/mol. The number of hydrogen-bond acceptors (Lipinski definition) is 7. The molecular formula is C47H71ClN4O4S. The molecule has 2 aromatic carbocycles. The Labute approximate surface area is 354 Å². The number of amides is 2. The molecule has 0 aliphatic carbocycles. The highest BCUT2D eigenvalue weighted by atomic mass is 35.5. The quantitative estimate of drug-likeness (QED) is 0.206. The molecule has 1 heterocycles. The van der Waals surface area contributed by atoms with E-state index in [2.05, 4.69) is 114 Å². The smallest absolute Gasteiger partial charge is 0.243 e. The topological polar surface area (TPSA) is 83.1 Å². The normalized spacial score (nSPS) is 16.7. The van der Waals surface area contributed by atoms with E-state index in [0.29, 0.717) is 12.8 Å². The highest BCUT2D eigenvalue weighted by molar-refractivity contribution is 8.06. The van der Waals surface area contributed by atoms with Gasteiger partial charge >= 0.3 is 0 Å². The van der Waals surface area contributed by atoms with Crippen LogP contribution < -0.4 is 25.2 Å². The van der Waals surface area contributed by atoms with Crippen LogP contribution in [-0.2, 0) is 9.59 Å². The van der Waals surface area contributed by atoms with E-state index in [1.54, 1.807) is 46.8 Å². The van der Waals surface area contributed by atoms with Crippen molar-refractivity contribution in [3.05, 3.63) is 97.1 Å². The Hall–Kier alpha value is -3.66. The number of allylic oxidation sites excluding steroid dienone is 7. The average Bonchev–Trinajstić information content (AvgIpc) is 3.27. The number of halogens is 1. The third-order valence-corrected chi connectivity index (χ3v) is 11.4. The van der Waals surface area contributed by atoms with E-state index in [4.69, 9.17) is 21.1 Å². The van der Waals surface area contributed by atoms with Crippen LogP contribution in [0.1, 0.15) is 139 Å². The lowest BCUT2D eigenvalue weighted by Gasteiger charge is -2.39. The zero-order valence-corrected chi connectivity index (χ0v) is 39.3. The molecule has 57 heavy (non-hydrogen) atoms. The number of hydrogen-bond donors (Lipinski definition) is 2. The second-order valence-corrected chi connectivity index (χ2v) is 18.4. The van der Waals surface area contributed by atoms with Gasteiger partial charge in [-0.1, -0.05) is 121 Å². The van der Waals surface area contributed by atoms with Gasteiger partial charge in [0.1, 0.15) is 0 Å². The van der Waals surface area contributed by atoms with E-state index in [0.717, 1.165) is 58.4 Å². The van der Waals surface area contributed by atoms with Gasteiger partial charge in [0.15, 0.2) is 11.5 Å². The first-order valence-electron chi connectivity index (χ1n) is 20.2. The number of nitrogens with one attached hydrogen (secondary N) is 2. The number of hydrazine groups is 1. The zero-order valence-electron chi connectivity index (χ0n) is 37.8. The molecule has 0 saturated carbocycles. The fraction of sp³-hybridized carbons (Fsp3) is 0.532. The molecule has 3 rings (SSSR count). The number of fused-ring (bicyclic) bond motifs is 1. The molecule has 1 unspecified atom stereocenters. The van der Waals surface area contributed by atoms with Crippen LogP contribution in [0.15, 0.2) is 80.9 Å². The first-order chi connectivity index (χ1) is 26.7. The first-order valence-corrected chi connectivity index (χ1v) is 21.4. The summed E-state index contributed by atoms with van der Waals surface area (Å²) in [5, 5.41) is 0.724. The van der Waals surface area contributed by atoms with Gasteiger partial charge in [-0.2, -0.15) is 0 Å². The molecule has 1 aliphatic rings. The molecule has 10 heteroatoms. The Morgan fingerprint density at radius 3 is 2.11 bits per heavy atom. The zero-order chi connectivity index (χ0) is 43.2. The van der Waals surface area contributed by atoms with Crippen LogP contribution in [0.2, 0.25) is 5.02 Å². The predicted octanol–water partition coefficient (Wildman–Crippen LogP) is 12.5. The van der Waals surface area contributed by atoms with Crippen LogP contribution in [0, 0.1) is 10.8 Å². The van der Waals surface area contributed by atoms with Crippen LogP contribution in [0.25, 0.3) is 0 Å². The summed E-state index contributed by atoms with van der Waals surface area (Å²) in [5.74, 6) is 1.11. The van der Waals surface area contributed by atoms with E-state index in [9.17, 15) is 9.59 Å². The maximum absolute atomic E-state index is 11.7. The molecule has 8 nitrogen and oxygen atoms in total. The lowest BCUT2D eigenvalue weighted by atomic mass is 9.85. The minimum absolute atomic E-state index is 0.0532. The summed E-state index contributed by atoms with van der Waals surface area (Å²) in [6.45, 7) is 28.3. The van der Waals surface area contributed by atoms with Gasteiger partial charge in [-0.3, -0.25) is 25.3 Å². The number of anilines is 1. The minimum atomic E-state index is -0.514. The Kier molecular flexibility index (Phi) is 19.5. The van der Waals surface area contributed by atoms with Gasteiger partial charge in [-0.15, -0.1) is 0 Å². The summed E-state index contributed by atoms with van der Waals surface area (Å²) < 4.78 is 11.6. The molecule has 0 bridgehead atoms. The van der Waals surface area contributed by atoms with E-state index < -0.39 is 5.41 Å². The van der Waals surface area contributed by atoms with Gasteiger partial charge in [0.2, 0.25) is 11.8 Å². The molecule has 2 amide bonds. The molecule has 2 N–H and O–H groups in total. The van der Waals surface area contributed by atoms with Crippen molar-refractivity contribution in [1.29, 1.82) is 0 Å². The lowest BCUT2D eigenvalue weighted by Crippen LogP contribution is -2.46. The standard InChI is InChI=1S/C31H43ClN2O2.C16H28N2O2S/c1-11-20(3)26-19-33(8)28(23-14-13-15-27(35-9)29(23)36-10)24-18-22(32)16-17-25(24)34(26)30(21(4)12-2)31(5,6)7;1-7-9-12(3)21-13(8-2)10-11-14(19)17-18-15(20)16(4,5)6/h13-18,28H,11-12,19H2,1-10H3;8-9H,7,10-11H2,1-6H3,(H,17,19)(H,18,20)/b26-20?,30-21+;12-9+,13-8-. The number of rotatable bonds is 12. The molecule has 1 atom stereocenters. The van der Waals surface area contributed by atoms with Crippen molar-refractivity contribution in [2.45, 2.75) is 128 Å². The summed E-state index contributed by atoms with van der Waals surface area (Å²) in [6.07, 6.45) is 8.21. The fourth-order valence-electron chi connectivity index (χ4n) is 6.78. The largest absolute Gasteiger partial charge is 0.493 e. The molecule has 0 radical (unpaired) electrons. The van der Waals surface area contributed by atoms with Gasteiger partial charge in [-0.05, 0) is 100 Å². The maximum atomic E-state index is 11.7. The van der Waals surface area contributed by atoms with Crippen molar-refractivity contribution in [3.8, 4) is 11.5 Å². The Morgan fingerprint density at radius 2 is 1.58 bits per heavy atom. The number of benzene rings is 2. The van der Waals surface area contributed by atoms with Crippen LogP contribution in [0.5, 0.6) is 11.5 Å². The minimum Gasteiger partial charge on any atom is -0.493 e. The lowest BCUT2D eigenvalue weighted by molar-refractivity contribution is -0.133. The van der Waals surface area contributed by atoms with Crippen LogP contribution in [-0.4, -0.2) is 44.5 Å². The van der Waals surface area contributed by atoms with E-state index in [1.807, 2.05) is 31.2 Å². The van der Waals surface area contributed by atoms with Gasteiger partial charge in [-0.25, -0.2) is 0 Å². The Balaban J connectivity index is 0.000000457. The average molecular weight is 824 g/mol. The van der Waals surface area contributed by atoms with E-state index in [-0.39, 0.29) is 23.3 Å². The van der Waals surface area contributed by atoms with Gasteiger partial charge in [0, 0.05) is 45.8 Å². The molecule has 0 fully saturated rings. The van der Waals surface area contributed by atoms with Crippen molar-refractivity contribution in [2.24, 2.45) is 10.8 Å². The Morgan fingerprint density at radius 1 is 0.912 bits per heavy atom. The highest BCUT2D eigenvalue weighted by Gasteiger charge is 2.38. The number of methoxy groups -OCH3 is 2. The van der Waals surface area contributed by atoms with Crippen LogP contribution >= 0.6 is 23.4 Å². The molecule has 0 spiro atoms. The van der Waals surface area contributed by atoms with Gasteiger partial charge in [0.05, 0.1) is 25.9 Å². The molecule has 316 valence electrons. The van der Waals surface area contributed by atoms with E-state index >= 15 is 0 Å². The summed E-state index contributed by atoms with van der Waals surface area (Å²) in [6, 6.07) is 12.4. The third kappa shape index (κ3) is 13.7.